The first kappa shape index (κ1) is 15.0. The van der Waals surface area contributed by atoms with Crippen molar-refractivity contribution in [3.8, 4) is 0 Å². The van der Waals surface area contributed by atoms with Crippen LogP contribution < -0.4 is 0 Å². The molecule has 1 rings (SSSR count). The highest BCUT2D eigenvalue weighted by molar-refractivity contribution is 5.96. The summed E-state index contributed by atoms with van der Waals surface area (Å²) in [5, 5.41) is 0. The first-order valence-corrected chi connectivity index (χ1v) is 5.53. The Morgan fingerprint density at radius 2 is 1.89 bits per heavy atom. The van der Waals surface area contributed by atoms with Gasteiger partial charge in [0, 0.05) is 6.42 Å². The van der Waals surface area contributed by atoms with Crippen LogP contribution in [0, 0.1) is 0 Å². The van der Waals surface area contributed by atoms with Gasteiger partial charge in [0.05, 0.1) is 6.26 Å². The Balaban J connectivity index is 2.53. The highest BCUT2D eigenvalue weighted by atomic mass is 19.4. The molecule has 0 amide bonds. The number of ketones is 1. The molecule has 102 valence electrons. The lowest BCUT2D eigenvalue weighted by Crippen LogP contribution is -2.08. The maximum atomic E-state index is 11.7. The summed E-state index contributed by atoms with van der Waals surface area (Å²) in [6, 6.07) is 9.10. The van der Waals surface area contributed by atoms with Gasteiger partial charge in [-0.1, -0.05) is 36.4 Å². The fourth-order valence-electron chi connectivity index (χ4n) is 1.31. The molecule has 0 atom stereocenters. The van der Waals surface area contributed by atoms with E-state index < -0.39 is 6.36 Å². The molecule has 0 spiro atoms. The molecule has 0 aliphatic rings. The first-order valence-electron chi connectivity index (χ1n) is 5.53. The van der Waals surface area contributed by atoms with Crippen LogP contribution in [0.5, 0.6) is 0 Å². The number of hydrogen-bond acceptors (Lipinski definition) is 2. The van der Waals surface area contributed by atoms with Crippen LogP contribution >= 0.6 is 0 Å². The third-order valence-electron chi connectivity index (χ3n) is 2.27. The second kappa shape index (κ2) is 6.78. The van der Waals surface area contributed by atoms with Crippen molar-refractivity contribution in [2.75, 3.05) is 0 Å². The van der Waals surface area contributed by atoms with Gasteiger partial charge >= 0.3 is 6.36 Å². The number of ether oxygens (including phenoxy) is 1. The van der Waals surface area contributed by atoms with E-state index in [1.807, 2.05) is 30.3 Å². The largest absolute Gasteiger partial charge is 0.572 e. The molecule has 1 aromatic carbocycles. The molecule has 0 aromatic heterocycles. The molecule has 0 fully saturated rings. The summed E-state index contributed by atoms with van der Waals surface area (Å²) >= 11 is 0. The molecule has 0 radical (unpaired) electrons. The van der Waals surface area contributed by atoms with Gasteiger partial charge in [0.1, 0.15) is 0 Å². The van der Waals surface area contributed by atoms with Crippen molar-refractivity contribution in [2.24, 2.45) is 0 Å². The molecule has 0 aliphatic heterocycles. The molecule has 0 saturated carbocycles. The zero-order valence-electron chi connectivity index (χ0n) is 10.3. The van der Waals surface area contributed by atoms with E-state index in [2.05, 4.69) is 4.74 Å². The first-order chi connectivity index (χ1) is 8.88. The smallest absolute Gasteiger partial charge is 0.414 e. The van der Waals surface area contributed by atoms with Crippen molar-refractivity contribution in [3.05, 3.63) is 59.9 Å². The van der Waals surface area contributed by atoms with Crippen LogP contribution in [0.3, 0.4) is 0 Å². The molecule has 2 nitrogen and oxygen atoms in total. The number of carbonyl (C=O) groups is 1. The summed E-state index contributed by atoms with van der Waals surface area (Å²) in [5.41, 5.74) is 1.22. The predicted molar refractivity (Wildman–Crippen MR) is 65.2 cm³/mol. The van der Waals surface area contributed by atoms with Crippen molar-refractivity contribution in [1.29, 1.82) is 0 Å². The number of alkyl halides is 3. The average molecular weight is 270 g/mol. The standard InChI is InChI=1S/C14H13F3O2/c1-11(6-5-9-19-14(15,16)17)13(18)10-12-7-3-2-4-8-12/h2-9H,10H2,1H3/b9-5+,11-6+. The Hall–Kier alpha value is -2.04. The van der Waals surface area contributed by atoms with Crippen LogP contribution in [0.25, 0.3) is 0 Å². The summed E-state index contributed by atoms with van der Waals surface area (Å²) in [5.74, 6) is -0.150. The Morgan fingerprint density at radius 3 is 2.47 bits per heavy atom. The van der Waals surface area contributed by atoms with E-state index in [-0.39, 0.29) is 12.2 Å². The molecule has 0 heterocycles. The zero-order valence-corrected chi connectivity index (χ0v) is 10.3. The quantitative estimate of drug-likeness (QED) is 0.462. The summed E-state index contributed by atoms with van der Waals surface area (Å²) in [6.07, 6.45) is -1.65. The van der Waals surface area contributed by atoms with Crippen LogP contribution in [-0.4, -0.2) is 12.1 Å². The van der Waals surface area contributed by atoms with Gasteiger partial charge in [0.2, 0.25) is 0 Å². The second-order valence-corrected chi connectivity index (χ2v) is 3.83. The lowest BCUT2D eigenvalue weighted by Gasteiger charge is -2.02. The molecule has 1 aromatic rings. The van der Waals surface area contributed by atoms with Gasteiger partial charge in [0.25, 0.3) is 0 Å². The maximum Gasteiger partial charge on any atom is 0.572 e. The predicted octanol–water partition coefficient (Wildman–Crippen LogP) is 3.79. The van der Waals surface area contributed by atoms with E-state index in [0.29, 0.717) is 11.8 Å². The summed E-state index contributed by atoms with van der Waals surface area (Å²) in [6.45, 7) is 1.54. The molecule has 0 unspecified atom stereocenters. The minimum atomic E-state index is -4.70. The normalized spacial score (nSPS) is 12.7. The highest BCUT2D eigenvalue weighted by Crippen LogP contribution is 2.16. The number of benzene rings is 1. The molecule has 0 aliphatic carbocycles. The Bertz CT molecular complexity index is 473. The Morgan fingerprint density at radius 1 is 1.26 bits per heavy atom. The molecule has 0 N–H and O–H groups in total. The Labute approximate surface area is 109 Å². The van der Waals surface area contributed by atoms with Crippen molar-refractivity contribution in [1.82, 2.24) is 0 Å². The number of allylic oxidation sites excluding steroid dienone is 3. The third kappa shape index (κ3) is 6.45. The van der Waals surface area contributed by atoms with Crippen LogP contribution in [-0.2, 0) is 16.0 Å². The fraction of sp³-hybridized carbons (Fsp3) is 0.214. The monoisotopic (exact) mass is 270 g/mol. The van der Waals surface area contributed by atoms with Crippen molar-refractivity contribution >= 4 is 5.78 Å². The van der Waals surface area contributed by atoms with E-state index in [9.17, 15) is 18.0 Å². The molecule has 5 heteroatoms. The SMILES string of the molecule is C/C(=C\C=C\OC(F)(F)F)C(=O)Cc1ccccc1. The molecular weight excluding hydrogens is 257 g/mol. The minimum absolute atomic E-state index is 0.150. The van der Waals surface area contributed by atoms with Gasteiger partial charge in [-0.15, -0.1) is 13.2 Å². The van der Waals surface area contributed by atoms with E-state index in [1.54, 1.807) is 6.92 Å². The molecule has 19 heavy (non-hydrogen) atoms. The number of Topliss-reactive ketones (excluding diaryl/α,β-unsaturated/α-hetero) is 1. The molecule has 0 saturated heterocycles. The fourth-order valence-corrected chi connectivity index (χ4v) is 1.31. The van der Waals surface area contributed by atoms with Crippen LogP contribution in [0.1, 0.15) is 12.5 Å². The number of hydrogen-bond donors (Lipinski definition) is 0. The summed E-state index contributed by atoms with van der Waals surface area (Å²) in [7, 11) is 0. The topological polar surface area (TPSA) is 26.3 Å². The van der Waals surface area contributed by atoms with Crippen molar-refractivity contribution in [2.45, 2.75) is 19.7 Å². The van der Waals surface area contributed by atoms with Crippen LogP contribution in [0.2, 0.25) is 0 Å². The van der Waals surface area contributed by atoms with Gasteiger partial charge in [-0.2, -0.15) is 0 Å². The van der Waals surface area contributed by atoms with Crippen molar-refractivity contribution in [3.63, 3.8) is 0 Å². The molecule has 0 bridgehead atoms. The maximum absolute atomic E-state index is 11.7. The number of carbonyl (C=O) groups excluding carboxylic acids is 1. The van der Waals surface area contributed by atoms with Gasteiger partial charge < -0.3 is 4.74 Å². The van der Waals surface area contributed by atoms with Crippen LogP contribution in [0.4, 0.5) is 13.2 Å². The minimum Gasteiger partial charge on any atom is -0.414 e. The van der Waals surface area contributed by atoms with Crippen LogP contribution in [0.15, 0.2) is 54.3 Å². The van der Waals surface area contributed by atoms with E-state index >= 15 is 0 Å². The zero-order chi connectivity index (χ0) is 14.3. The average Bonchev–Trinajstić information content (AvgIpc) is 2.34. The highest BCUT2D eigenvalue weighted by Gasteiger charge is 2.28. The lowest BCUT2D eigenvalue weighted by atomic mass is 10.0. The Kier molecular flexibility index (Phi) is 5.36. The van der Waals surface area contributed by atoms with E-state index in [4.69, 9.17) is 0 Å². The van der Waals surface area contributed by atoms with Gasteiger partial charge in [-0.3, -0.25) is 4.79 Å². The van der Waals surface area contributed by atoms with Gasteiger partial charge in [0.15, 0.2) is 5.78 Å². The number of rotatable bonds is 5. The van der Waals surface area contributed by atoms with Gasteiger partial charge in [-0.25, -0.2) is 0 Å². The lowest BCUT2D eigenvalue weighted by molar-refractivity contribution is -0.298. The summed E-state index contributed by atoms with van der Waals surface area (Å²) in [4.78, 5) is 11.7. The summed E-state index contributed by atoms with van der Waals surface area (Å²) < 4.78 is 38.4. The second-order valence-electron chi connectivity index (χ2n) is 3.83. The van der Waals surface area contributed by atoms with E-state index in [0.717, 1.165) is 11.6 Å². The third-order valence-corrected chi connectivity index (χ3v) is 2.27. The number of halogens is 3. The van der Waals surface area contributed by atoms with E-state index in [1.165, 1.54) is 6.08 Å². The molecular formula is C14H13F3O2. The van der Waals surface area contributed by atoms with Gasteiger partial charge in [-0.05, 0) is 24.1 Å². The van der Waals surface area contributed by atoms with Crippen molar-refractivity contribution < 1.29 is 22.7 Å².